The van der Waals surface area contributed by atoms with Crippen LogP contribution in [-0.2, 0) is 0 Å². The van der Waals surface area contributed by atoms with Crippen molar-refractivity contribution in [1.82, 2.24) is 0 Å². The minimum absolute atomic E-state index is 0.00599. The highest BCUT2D eigenvalue weighted by atomic mass is 16.3. The van der Waals surface area contributed by atoms with Crippen LogP contribution in [0.1, 0.15) is 116 Å². The molecule has 3 aliphatic rings. The minimum atomic E-state index is -0.00599. The first-order chi connectivity index (χ1) is 21.2. The van der Waals surface area contributed by atoms with Crippen molar-refractivity contribution in [3.8, 4) is 5.75 Å². The van der Waals surface area contributed by atoms with E-state index in [9.17, 15) is 5.11 Å². The Morgan fingerprint density at radius 1 is 0.628 bits per heavy atom. The molecule has 1 heterocycles. The molecule has 4 aromatic rings. The van der Waals surface area contributed by atoms with Crippen molar-refractivity contribution in [2.75, 3.05) is 4.90 Å². The minimum Gasteiger partial charge on any atom is -0.504 e. The number of nitrogens with zero attached hydrogens (tertiary/aromatic N) is 2. The van der Waals surface area contributed by atoms with Crippen molar-refractivity contribution < 1.29 is 9.68 Å². The molecule has 2 saturated carbocycles. The number of phenolic OH excluding ortho intramolecular Hbond substituents is 1. The first-order valence-corrected chi connectivity index (χ1v) is 16.6. The summed E-state index contributed by atoms with van der Waals surface area (Å²) in [6, 6.07) is 34.9. The molecule has 0 saturated heterocycles. The summed E-state index contributed by atoms with van der Waals surface area (Å²) in [5, 5.41) is 11.2. The molecule has 0 unspecified atom stereocenters. The van der Waals surface area contributed by atoms with Gasteiger partial charge in [-0.05, 0) is 67.7 Å². The molecule has 0 spiro atoms. The van der Waals surface area contributed by atoms with Gasteiger partial charge < -0.3 is 5.11 Å². The molecule has 2 aliphatic carbocycles. The average Bonchev–Trinajstić information content (AvgIpc) is 3.46. The van der Waals surface area contributed by atoms with Crippen LogP contribution in [0.2, 0.25) is 0 Å². The lowest BCUT2D eigenvalue weighted by Crippen LogP contribution is -2.26. The molecule has 3 nitrogen and oxygen atoms in total. The summed E-state index contributed by atoms with van der Waals surface area (Å²) in [4.78, 5) is 2.32. The lowest BCUT2D eigenvalue weighted by molar-refractivity contribution is -0.482. The van der Waals surface area contributed by atoms with E-state index in [-0.39, 0.29) is 12.1 Å². The zero-order chi connectivity index (χ0) is 29.2. The lowest BCUT2D eigenvalue weighted by Gasteiger charge is -2.30. The molecule has 2 atom stereocenters. The standard InChI is InChI=1S/C40H44N2O/c1-29-26-34(30-16-6-2-7-17-30)27-35(31-18-8-3-9-19-31)38(29)42-28-41(36-24-14-15-25-37(36)43)39(32-20-10-4-11-21-32)40(42)33-22-12-5-13-23-33/h4-5,10-15,20-28,30-31,39-40H,2-3,6-9,16-19H2,1H3/p+1/t39-,40-/m1/s1. The number of para-hydroxylation sites is 2. The van der Waals surface area contributed by atoms with Crippen molar-refractivity contribution in [1.29, 1.82) is 0 Å². The van der Waals surface area contributed by atoms with Gasteiger partial charge in [-0.2, -0.15) is 0 Å². The van der Waals surface area contributed by atoms with Crippen molar-refractivity contribution in [3.63, 3.8) is 0 Å². The van der Waals surface area contributed by atoms with Gasteiger partial charge in [-0.15, -0.1) is 0 Å². The van der Waals surface area contributed by atoms with E-state index in [4.69, 9.17) is 0 Å². The van der Waals surface area contributed by atoms with Crippen LogP contribution in [0.15, 0.2) is 97.1 Å². The van der Waals surface area contributed by atoms with E-state index >= 15 is 0 Å². The summed E-state index contributed by atoms with van der Waals surface area (Å²) in [6.07, 6.45) is 15.6. The van der Waals surface area contributed by atoms with Crippen LogP contribution in [0.25, 0.3) is 0 Å². The zero-order valence-electron chi connectivity index (χ0n) is 25.5. The van der Waals surface area contributed by atoms with Crippen molar-refractivity contribution in [2.24, 2.45) is 0 Å². The summed E-state index contributed by atoms with van der Waals surface area (Å²) in [5.74, 6) is 1.58. The Kier molecular flexibility index (Phi) is 8.06. The van der Waals surface area contributed by atoms with Gasteiger partial charge in [0.2, 0.25) is 6.34 Å². The van der Waals surface area contributed by atoms with Crippen molar-refractivity contribution in [2.45, 2.75) is 95.1 Å². The molecule has 0 amide bonds. The van der Waals surface area contributed by atoms with Gasteiger partial charge in [-0.3, -0.25) is 0 Å². The van der Waals surface area contributed by atoms with Crippen LogP contribution in [0.3, 0.4) is 0 Å². The molecular weight excluding hydrogens is 524 g/mol. The largest absolute Gasteiger partial charge is 0.504 e. The van der Waals surface area contributed by atoms with Gasteiger partial charge in [0.25, 0.3) is 0 Å². The second kappa shape index (κ2) is 12.4. The molecule has 43 heavy (non-hydrogen) atoms. The lowest BCUT2D eigenvalue weighted by atomic mass is 9.78. The van der Waals surface area contributed by atoms with E-state index in [1.807, 2.05) is 18.2 Å². The third-order valence-corrected chi connectivity index (χ3v) is 10.3. The fourth-order valence-electron chi connectivity index (χ4n) is 8.24. The number of aromatic hydroxyl groups is 1. The molecule has 1 aliphatic heterocycles. The Bertz CT molecular complexity index is 1570. The van der Waals surface area contributed by atoms with E-state index in [1.54, 1.807) is 11.1 Å². The van der Waals surface area contributed by atoms with Crippen LogP contribution < -0.4 is 4.90 Å². The Labute approximate surface area is 257 Å². The van der Waals surface area contributed by atoms with Crippen LogP contribution in [0.4, 0.5) is 11.4 Å². The summed E-state index contributed by atoms with van der Waals surface area (Å²) in [7, 11) is 0. The Morgan fingerprint density at radius 3 is 1.86 bits per heavy atom. The predicted octanol–water partition coefficient (Wildman–Crippen LogP) is 10.5. The number of hydrogen-bond donors (Lipinski definition) is 1. The molecule has 7 rings (SSSR count). The van der Waals surface area contributed by atoms with Gasteiger partial charge in [0.15, 0.2) is 23.5 Å². The molecule has 0 aromatic heterocycles. The van der Waals surface area contributed by atoms with Gasteiger partial charge >= 0.3 is 0 Å². The fraction of sp³-hybridized carbons (Fsp3) is 0.375. The van der Waals surface area contributed by atoms with Gasteiger partial charge in [-0.1, -0.05) is 123 Å². The van der Waals surface area contributed by atoms with E-state index in [1.165, 1.54) is 86.6 Å². The first kappa shape index (κ1) is 28.0. The molecule has 1 N–H and O–H groups in total. The third kappa shape index (κ3) is 5.51. The van der Waals surface area contributed by atoms with E-state index in [0.29, 0.717) is 17.6 Å². The van der Waals surface area contributed by atoms with E-state index in [0.717, 1.165) is 5.69 Å². The van der Waals surface area contributed by atoms with Gasteiger partial charge in [0.1, 0.15) is 5.69 Å². The normalized spacial score (nSPS) is 21.6. The molecule has 0 bridgehead atoms. The maximum Gasteiger partial charge on any atom is 0.245 e. The van der Waals surface area contributed by atoms with Gasteiger partial charge in [-0.25, -0.2) is 9.48 Å². The molecule has 3 heteroatoms. The molecule has 0 radical (unpaired) electrons. The summed E-state index contributed by atoms with van der Waals surface area (Å²) >= 11 is 0. The SMILES string of the molecule is Cc1cc(C2CCCCC2)cc(C2CCCCC2)c1[N+]1=CN(c2ccccc2O)[C@H](c2ccccc2)[C@H]1c1ccccc1. The third-order valence-electron chi connectivity index (χ3n) is 10.3. The van der Waals surface area contributed by atoms with Crippen LogP contribution in [0, 0.1) is 6.92 Å². The number of anilines is 1. The van der Waals surface area contributed by atoms with Gasteiger partial charge in [0.05, 0.1) is 0 Å². The second-order valence-electron chi connectivity index (χ2n) is 13.1. The van der Waals surface area contributed by atoms with Crippen molar-refractivity contribution >= 4 is 17.7 Å². The zero-order valence-corrected chi connectivity index (χ0v) is 25.5. The fourth-order valence-corrected chi connectivity index (χ4v) is 8.24. The molecule has 220 valence electrons. The quantitative estimate of drug-likeness (QED) is 0.234. The molecule has 4 aromatic carbocycles. The average molecular weight is 570 g/mol. The first-order valence-electron chi connectivity index (χ1n) is 16.6. The van der Waals surface area contributed by atoms with Gasteiger partial charge in [0, 0.05) is 16.7 Å². The highest BCUT2D eigenvalue weighted by Gasteiger charge is 2.47. The summed E-state index contributed by atoms with van der Waals surface area (Å²) < 4.78 is 2.57. The second-order valence-corrected chi connectivity index (χ2v) is 13.1. The number of aryl methyl sites for hydroxylation is 1. The summed E-state index contributed by atoms with van der Waals surface area (Å²) in [6.45, 7) is 2.35. The van der Waals surface area contributed by atoms with Crippen LogP contribution >= 0.6 is 0 Å². The molecular formula is C40H45N2O+. The number of phenols is 1. The Balaban J connectivity index is 1.45. The topological polar surface area (TPSA) is 26.5 Å². The maximum absolute atomic E-state index is 11.2. The van der Waals surface area contributed by atoms with Crippen molar-refractivity contribution in [3.05, 3.63) is 125 Å². The highest BCUT2D eigenvalue weighted by Crippen LogP contribution is 2.50. The highest BCUT2D eigenvalue weighted by molar-refractivity contribution is 5.83. The Hall–Kier alpha value is -3.85. The van der Waals surface area contributed by atoms with E-state index < -0.39 is 0 Å². The monoisotopic (exact) mass is 569 g/mol. The van der Waals surface area contributed by atoms with E-state index in [2.05, 4.69) is 102 Å². The number of benzene rings is 4. The van der Waals surface area contributed by atoms with Crippen LogP contribution in [0.5, 0.6) is 5.75 Å². The Morgan fingerprint density at radius 2 is 1.21 bits per heavy atom. The summed E-state index contributed by atoms with van der Waals surface area (Å²) in [5.41, 5.74) is 9.24. The maximum atomic E-state index is 11.2. The van der Waals surface area contributed by atoms with Crippen LogP contribution in [-0.4, -0.2) is 16.0 Å². The predicted molar refractivity (Wildman–Crippen MR) is 178 cm³/mol. The number of hydrogen-bond acceptors (Lipinski definition) is 2. The molecule has 2 fully saturated rings. The smallest absolute Gasteiger partial charge is 0.245 e. The number of rotatable bonds is 6.